The Bertz CT molecular complexity index is 88.3. The summed E-state index contributed by atoms with van der Waals surface area (Å²) in [6.07, 6.45) is 3.94. The third-order valence-corrected chi connectivity index (χ3v) is 4.23. The zero-order valence-corrected chi connectivity index (χ0v) is 7.82. The molecular weight excluding hydrogens is 168 g/mol. The Labute approximate surface area is 68.4 Å². The SMILES string of the molecule is C=CCSSSC=CC. The van der Waals surface area contributed by atoms with Gasteiger partial charge in [-0.3, -0.25) is 0 Å². The lowest BCUT2D eigenvalue weighted by atomic mass is 10.8. The fraction of sp³-hybridized carbons (Fsp3) is 0.333. The van der Waals surface area contributed by atoms with E-state index in [9.17, 15) is 0 Å². The molecule has 3 heteroatoms. The third-order valence-electron chi connectivity index (χ3n) is 0.465. The summed E-state index contributed by atoms with van der Waals surface area (Å²) in [6.45, 7) is 5.64. The normalized spacial score (nSPS) is 10.3. The van der Waals surface area contributed by atoms with Crippen LogP contribution in [0, 0.1) is 0 Å². The predicted octanol–water partition coefficient (Wildman–Crippen LogP) is 3.74. The molecule has 9 heavy (non-hydrogen) atoms. The van der Waals surface area contributed by atoms with E-state index in [1.165, 1.54) is 0 Å². The maximum Gasteiger partial charge on any atom is 0.0223 e. The summed E-state index contributed by atoms with van der Waals surface area (Å²) in [5.74, 6) is 1.02. The van der Waals surface area contributed by atoms with E-state index in [2.05, 4.69) is 12.0 Å². The van der Waals surface area contributed by atoms with Crippen LogP contribution in [0.25, 0.3) is 0 Å². The Morgan fingerprint density at radius 1 is 1.56 bits per heavy atom. The molecule has 0 nitrogen and oxygen atoms in total. The average molecular weight is 178 g/mol. The standard InChI is InChI=1S/C6H10S3/c1-3-5-7-9-8-6-4-2/h3-4,6H,1,5H2,2H3. The van der Waals surface area contributed by atoms with Crippen LogP contribution in [0.2, 0.25) is 0 Å². The van der Waals surface area contributed by atoms with E-state index in [4.69, 9.17) is 0 Å². The highest BCUT2D eigenvalue weighted by Crippen LogP contribution is 2.34. The number of allylic oxidation sites excluding steroid dienone is 1. The van der Waals surface area contributed by atoms with Crippen molar-refractivity contribution in [2.45, 2.75) is 6.92 Å². The summed E-state index contributed by atoms with van der Waals surface area (Å²) in [7, 11) is 5.33. The molecule has 0 saturated carbocycles. The first kappa shape index (κ1) is 9.53. The quantitative estimate of drug-likeness (QED) is 0.357. The molecule has 0 aromatic heterocycles. The molecule has 0 aliphatic carbocycles. The van der Waals surface area contributed by atoms with Crippen molar-refractivity contribution in [3.8, 4) is 0 Å². The van der Waals surface area contributed by atoms with Crippen molar-refractivity contribution in [1.29, 1.82) is 0 Å². The molecule has 0 N–H and O–H groups in total. The first-order valence-corrected chi connectivity index (χ1v) is 6.30. The molecule has 0 atom stereocenters. The Morgan fingerprint density at radius 3 is 2.89 bits per heavy atom. The minimum absolute atomic E-state index is 1.02. The molecule has 0 fully saturated rings. The lowest BCUT2D eigenvalue weighted by Crippen LogP contribution is -1.56. The van der Waals surface area contributed by atoms with Gasteiger partial charge in [0.1, 0.15) is 0 Å². The summed E-state index contributed by atoms with van der Waals surface area (Å²) in [4.78, 5) is 0. The topological polar surface area (TPSA) is 0 Å². The minimum atomic E-state index is 1.02. The molecular formula is C6H10S3. The third kappa shape index (κ3) is 8.53. The fourth-order valence-corrected chi connectivity index (χ4v) is 3.05. The van der Waals surface area contributed by atoms with Crippen molar-refractivity contribution in [3.63, 3.8) is 0 Å². The average Bonchev–Trinajstić information content (AvgIpc) is 1.89. The Kier molecular flexibility index (Phi) is 9.03. The summed E-state index contributed by atoms with van der Waals surface area (Å²) < 4.78 is 0. The van der Waals surface area contributed by atoms with Gasteiger partial charge in [0.15, 0.2) is 0 Å². The second-order valence-corrected chi connectivity index (χ2v) is 5.29. The van der Waals surface area contributed by atoms with Gasteiger partial charge in [0, 0.05) is 5.75 Å². The van der Waals surface area contributed by atoms with Crippen LogP contribution in [0.1, 0.15) is 6.92 Å². The monoisotopic (exact) mass is 178 g/mol. The molecule has 0 rings (SSSR count). The van der Waals surface area contributed by atoms with Crippen molar-refractivity contribution in [3.05, 3.63) is 24.1 Å². The molecule has 0 spiro atoms. The molecule has 0 saturated heterocycles. The molecule has 0 heterocycles. The maximum atomic E-state index is 3.62. The summed E-state index contributed by atoms with van der Waals surface area (Å²) in [6, 6.07) is 0. The highest BCUT2D eigenvalue weighted by Gasteiger charge is 1.81. The molecule has 0 amide bonds. The molecule has 0 radical (unpaired) electrons. The zero-order valence-electron chi connectivity index (χ0n) is 5.37. The largest absolute Gasteiger partial charge is 0.102 e. The van der Waals surface area contributed by atoms with E-state index in [-0.39, 0.29) is 0 Å². The molecule has 0 unspecified atom stereocenters. The minimum Gasteiger partial charge on any atom is -0.102 e. The molecule has 0 aliphatic rings. The van der Waals surface area contributed by atoms with Crippen LogP contribution < -0.4 is 0 Å². The van der Waals surface area contributed by atoms with Crippen LogP contribution >= 0.6 is 31.4 Å². The van der Waals surface area contributed by atoms with E-state index in [1.807, 2.05) is 19.1 Å². The van der Waals surface area contributed by atoms with Gasteiger partial charge < -0.3 is 0 Å². The van der Waals surface area contributed by atoms with Gasteiger partial charge in [-0.1, -0.05) is 33.7 Å². The number of rotatable bonds is 5. The number of hydrogen-bond donors (Lipinski definition) is 0. The van der Waals surface area contributed by atoms with Crippen LogP contribution in [0.5, 0.6) is 0 Å². The highest BCUT2D eigenvalue weighted by atomic mass is 33.5. The first-order chi connectivity index (χ1) is 4.41. The van der Waals surface area contributed by atoms with Crippen LogP contribution in [-0.2, 0) is 0 Å². The lowest BCUT2D eigenvalue weighted by molar-refractivity contribution is 1.79. The van der Waals surface area contributed by atoms with E-state index in [0.29, 0.717) is 0 Å². The van der Waals surface area contributed by atoms with Gasteiger partial charge in [-0.15, -0.1) is 6.58 Å². The van der Waals surface area contributed by atoms with E-state index < -0.39 is 0 Å². The predicted molar refractivity (Wildman–Crippen MR) is 52.7 cm³/mol. The van der Waals surface area contributed by atoms with E-state index >= 15 is 0 Å². The van der Waals surface area contributed by atoms with Crippen molar-refractivity contribution >= 4 is 31.4 Å². The fourth-order valence-electron chi connectivity index (χ4n) is 0.182. The van der Waals surface area contributed by atoms with Crippen LogP contribution in [0.15, 0.2) is 24.1 Å². The molecule has 52 valence electrons. The molecule has 0 aromatic carbocycles. The van der Waals surface area contributed by atoms with Gasteiger partial charge in [-0.25, -0.2) is 0 Å². The Balaban J connectivity index is 2.82. The van der Waals surface area contributed by atoms with Gasteiger partial charge in [-0.2, -0.15) is 0 Å². The molecule has 0 bridgehead atoms. The van der Waals surface area contributed by atoms with Crippen LogP contribution in [0.4, 0.5) is 0 Å². The zero-order chi connectivity index (χ0) is 6.95. The van der Waals surface area contributed by atoms with Crippen molar-refractivity contribution in [1.82, 2.24) is 0 Å². The highest BCUT2D eigenvalue weighted by molar-refractivity contribution is 9.10. The summed E-state index contributed by atoms with van der Waals surface area (Å²) in [5.41, 5.74) is 0. The van der Waals surface area contributed by atoms with Crippen molar-refractivity contribution in [2.75, 3.05) is 5.75 Å². The van der Waals surface area contributed by atoms with E-state index in [1.54, 1.807) is 31.4 Å². The van der Waals surface area contributed by atoms with Crippen molar-refractivity contribution < 1.29 is 0 Å². The second kappa shape index (κ2) is 8.53. The van der Waals surface area contributed by atoms with Gasteiger partial charge >= 0.3 is 0 Å². The summed E-state index contributed by atoms with van der Waals surface area (Å²) >= 11 is 0. The lowest BCUT2D eigenvalue weighted by Gasteiger charge is -1.88. The first-order valence-electron chi connectivity index (χ1n) is 2.58. The number of hydrogen-bond acceptors (Lipinski definition) is 3. The Hall–Kier alpha value is 0.530. The van der Waals surface area contributed by atoms with Gasteiger partial charge in [-0.05, 0) is 22.2 Å². The Morgan fingerprint density at radius 2 is 2.33 bits per heavy atom. The maximum absolute atomic E-state index is 3.62. The molecule has 0 aromatic rings. The van der Waals surface area contributed by atoms with E-state index in [0.717, 1.165) is 5.75 Å². The van der Waals surface area contributed by atoms with Gasteiger partial charge in [0.25, 0.3) is 0 Å². The van der Waals surface area contributed by atoms with Crippen molar-refractivity contribution in [2.24, 2.45) is 0 Å². The van der Waals surface area contributed by atoms with Crippen LogP contribution in [0.3, 0.4) is 0 Å². The summed E-state index contributed by atoms with van der Waals surface area (Å²) in [5, 5.41) is 2.07. The second-order valence-electron chi connectivity index (χ2n) is 1.21. The smallest absolute Gasteiger partial charge is 0.0223 e. The van der Waals surface area contributed by atoms with Gasteiger partial charge in [0.2, 0.25) is 0 Å². The van der Waals surface area contributed by atoms with Gasteiger partial charge in [0.05, 0.1) is 0 Å². The van der Waals surface area contributed by atoms with Crippen LogP contribution in [-0.4, -0.2) is 5.75 Å². The molecule has 0 aliphatic heterocycles.